The zero-order chi connectivity index (χ0) is 14.5. The van der Waals surface area contributed by atoms with Crippen LogP contribution in [0.2, 0.25) is 0 Å². The molecular weight excluding hydrogens is 240 g/mol. The third kappa shape index (κ3) is 4.80. The fraction of sp³-hybridized carbons (Fsp3) is 0.533. The Morgan fingerprint density at radius 1 is 1.47 bits per heavy atom. The molecule has 0 aliphatic rings. The van der Waals surface area contributed by atoms with Gasteiger partial charge in [0.05, 0.1) is 24.0 Å². The number of nitriles is 1. The van der Waals surface area contributed by atoms with Crippen LogP contribution in [-0.2, 0) is 0 Å². The van der Waals surface area contributed by atoms with E-state index in [0.717, 1.165) is 0 Å². The summed E-state index contributed by atoms with van der Waals surface area (Å²) in [5.41, 5.74) is 0.427. The fourth-order valence-corrected chi connectivity index (χ4v) is 2.13. The van der Waals surface area contributed by atoms with Gasteiger partial charge in [0.25, 0.3) is 0 Å². The first kappa shape index (κ1) is 15.3. The number of aliphatic hydroxyl groups is 1. The second-order valence-electron chi connectivity index (χ2n) is 5.47. The van der Waals surface area contributed by atoms with Crippen molar-refractivity contribution in [2.45, 2.75) is 32.8 Å². The highest BCUT2D eigenvalue weighted by molar-refractivity contribution is 5.60. The largest absolute Gasteiger partial charge is 0.497 e. The monoisotopic (exact) mass is 262 g/mol. The van der Waals surface area contributed by atoms with E-state index >= 15 is 0 Å². The van der Waals surface area contributed by atoms with Crippen LogP contribution in [-0.4, -0.2) is 24.4 Å². The van der Waals surface area contributed by atoms with Crippen LogP contribution in [0.1, 0.15) is 32.8 Å². The van der Waals surface area contributed by atoms with Gasteiger partial charge in [-0.3, -0.25) is 0 Å². The second kappa shape index (κ2) is 6.44. The van der Waals surface area contributed by atoms with E-state index in [-0.39, 0.29) is 0 Å². The lowest BCUT2D eigenvalue weighted by atomic mass is 9.94. The molecule has 0 bridgehead atoms. The van der Waals surface area contributed by atoms with Crippen molar-refractivity contribution in [1.82, 2.24) is 0 Å². The summed E-state index contributed by atoms with van der Waals surface area (Å²) in [7, 11) is 1.58. The zero-order valence-electron chi connectivity index (χ0n) is 12.0. The molecule has 2 N–H and O–H groups in total. The summed E-state index contributed by atoms with van der Waals surface area (Å²) in [5, 5.41) is 22.5. The molecule has 104 valence electrons. The van der Waals surface area contributed by atoms with Crippen LogP contribution >= 0.6 is 0 Å². The minimum atomic E-state index is -0.802. The number of nitrogens with one attached hydrogen (secondary N) is 1. The predicted octanol–water partition coefficient (Wildman–Crippen LogP) is 2.78. The summed E-state index contributed by atoms with van der Waals surface area (Å²) < 4.78 is 5.14. The van der Waals surface area contributed by atoms with E-state index in [4.69, 9.17) is 10.00 Å². The van der Waals surface area contributed by atoms with Crippen molar-refractivity contribution < 1.29 is 9.84 Å². The Morgan fingerprint density at radius 2 is 2.16 bits per heavy atom. The topological polar surface area (TPSA) is 65.3 Å². The van der Waals surface area contributed by atoms with Gasteiger partial charge in [0.15, 0.2) is 0 Å². The minimum Gasteiger partial charge on any atom is -0.497 e. The van der Waals surface area contributed by atoms with Gasteiger partial charge in [0, 0.05) is 12.6 Å². The summed E-state index contributed by atoms with van der Waals surface area (Å²) in [6, 6.07) is 7.34. The molecule has 1 atom stereocenters. The molecule has 0 aliphatic heterocycles. The van der Waals surface area contributed by atoms with Crippen molar-refractivity contribution in [2.24, 2.45) is 5.92 Å². The van der Waals surface area contributed by atoms with Gasteiger partial charge in [-0.05, 0) is 31.4 Å². The molecule has 4 heteroatoms. The van der Waals surface area contributed by atoms with Gasteiger partial charge in [-0.1, -0.05) is 13.8 Å². The average molecular weight is 262 g/mol. The number of benzene rings is 1. The smallest absolute Gasteiger partial charge is 0.121 e. The first-order chi connectivity index (χ1) is 8.88. The maximum absolute atomic E-state index is 10.3. The average Bonchev–Trinajstić information content (AvgIpc) is 2.34. The quantitative estimate of drug-likeness (QED) is 0.827. The first-order valence-electron chi connectivity index (χ1n) is 6.42. The summed E-state index contributed by atoms with van der Waals surface area (Å²) >= 11 is 0. The van der Waals surface area contributed by atoms with Gasteiger partial charge in [-0.2, -0.15) is 5.26 Å². The Bertz CT molecular complexity index is 462. The Labute approximate surface area is 115 Å². The number of hydrogen-bond donors (Lipinski definition) is 2. The van der Waals surface area contributed by atoms with Gasteiger partial charge in [-0.25, -0.2) is 0 Å². The van der Waals surface area contributed by atoms with Crippen LogP contribution in [0.4, 0.5) is 5.69 Å². The van der Waals surface area contributed by atoms with E-state index < -0.39 is 5.60 Å². The number of anilines is 1. The van der Waals surface area contributed by atoms with Gasteiger partial charge >= 0.3 is 0 Å². The summed E-state index contributed by atoms with van der Waals surface area (Å²) in [5.74, 6) is 1.10. The van der Waals surface area contributed by atoms with E-state index in [0.29, 0.717) is 35.9 Å². The van der Waals surface area contributed by atoms with Crippen LogP contribution in [0, 0.1) is 17.2 Å². The first-order valence-corrected chi connectivity index (χ1v) is 6.42. The van der Waals surface area contributed by atoms with E-state index in [1.54, 1.807) is 32.2 Å². The number of ether oxygens (including phenoxy) is 1. The molecule has 0 saturated heterocycles. The number of hydrogen-bond acceptors (Lipinski definition) is 4. The standard InChI is InChI=1S/C15H22N2O2/c1-11(2)8-15(3,18)10-17-14-7-13(19-4)6-5-12(14)9-16/h5-7,11,17-18H,8,10H2,1-4H3. The van der Waals surface area contributed by atoms with Crippen molar-refractivity contribution >= 4 is 5.69 Å². The van der Waals surface area contributed by atoms with Gasteiger partial charge in [-0.15, -0.1) is 0 Å². The molecule has 19 heavy (non-hydrogen) atoms. The van der Waals surface area contributed by atoms with Crippen molar-refractivity contribution in [3.8, 4) is 11.8 Å². The molecule has 0 radical (unpaired) electrons. The third-order valence-electron chi connectivity index (χ3n) is 2.85. The fourth-order valence-electron chi connectivity index (χ4n) is 2.13. The van der Waals surface area contributed by atoms with Crippen LogP contribution in [0.3, 0.4) is 0 Å². The Hall–Kier alpha value is -1.73. The summed E-state index contributed by atoms with van der Waals surface area (Å²) in [4.78, 5) is 0. The molecule has 0 aromatic heterocycles. The van der Waals surface area contributed by atoms with Gasteiger partial charge in [0.1, 0.15) is 11.8 Å². The highest BCUT2D eigenvalue weighted by Gasteiger charge is 2.22. The Kier molecular flexibility index (Phi) is 5.20. The lowest BCUT2D eigenvalue weighted by Gasteiger charge is -2.26. The Morgan fingerprint density at radius 3 is 2.68 bits per heavy atom. The highest BCUT2D eigenvalue weighted by Crippen LogP contribution is 2.23. The van der Waals surface area contributed by atoms with E-state index in [1.807, 2.05) is 0 Å². The molecule has 1 aromatic rings. The Balaban J connectivity index is 2.79. The molecular formula is C15H22N2O2. The summed E-state index contributed by atoms with van der Waals surface area (Å²) in [6.45, 7) is 6.33. The number of nitrogens with zero attached hydrogens (tertiary/aromatic N) is 1. The molecule has 0 heterocycles. The molecule has 1 rings (SSSR count). The maximum Gasteiger partial charge on any atom is 0.121 e. The van der Waals surface area contributed by atoms with Crippen LogP contribution in [0.25, 0.3) is 0 Å². The van der Waals surface area contributed by atoms with Crippen LogP contribution in [0.15, 0.2) is 18.2 Å². The van der Waals surface area contributed by atoms with Crippen molar-refractivity contribution in [2.75, 3.05) is 19.0 Å². The lowest BCUT2D eigenvalue weighted by molar-refractivity contribution is 0.0515. The molecule has 0 saturated carbocycles. The van der Waals surface area contributed by atoms with Crippen LogP contribution in [0.5, 0.6) is 5.75 Å². The lowest BCUT2D eigenvalue weighted by Crippen LogP contribution is -2.35. The molecule has 0 fully saturated rings. The van der Waals surface area contributed by atoms with Gasteiger partial charge in [0.2, 0.25) is 0 Å². The molecule has 0 aliphatic carbocycles. The predicted molar refractivity (Wildman–Crippen MR) is 76.3 cm³/mol. The third-order valence-corrected chi connectivity index (χ3v) is 2.85. The van der Waals surface area contributed by atoms with Crippen molar-refractivity contribution in [1.29, 1.82) is 5.26 Å². The molecule has 4 nitrogen and oxygen atoms in total. The summed E-state index contributed by atoms with van der Waals surface area (Å²) in [6.07, 6.45) is 0.700. The normalized spacial score (nSPS) is 13.7. The van der Waals surface area contributed by atoms with Crippen LogP contribution < -0.4 is 10.1 Å². The minimum absolute atomic E-state index is 0.396. The van der Waals surface area contributed by atoms with E-state index in [1.165, 1.54) is 0 Å². The number of rotatable bonds is 6. The van der Waals surface area contributed by atoms with Crippen molar-refractivity contribution in [3.63, 3.8) is 0 Å². The highest BCUT2D eigenvalue weighted by atomic mass is 16.5. The van der Waals surface area contributed by atoms with E-state index in [9.17, 15) is 5.11 Å². The van der Waals surface area contributed by atoms with E-state index in [2.05, 4.69) is 25.2 Å². The van der Waals surface area contributed by atoms with Crippen molar-refractivity contribution in [3.05, 3.63) is 23.8 Å². The molecule has 1 aromatic carbocycles. The molecule has 0 spiro atoms. The molecule has 0 amide bonds. The number of methoxy groups -OCH3 is 1. The SMILES string of the molecule is COc1ccc(C#N)c(NCC(C)(O)CC(C)C)c1. The molecule has 1 unspecified atom stereocenters. The zero-order valence-corrected chi connectivity index (χ0v) is 12.0. The maximum atomic E-state index is 10.3. The second-order valence-corrected chi connectivity index (χ2v) is 5.47. The van der Waals surface area contributed by atoms with Gasteiger partial charge < -0.3 is 15.2 Å².